The summed E-state index contributed by atoms with van der Waals surface area (Å²) in [6, 6.07) is 13.6. The number of hydrogen-bond donors (Lipinski definition) is 3. The fourth-order valence-corrected chi connectivity index (χ4v) is 8.60. The Bertz CT molecular complexity index is 2340. The summed E-state index contributed by atoms with van der Waals surface area (Å²) in [5, 5.41) is 4.77. The molecule has 2 aromatic heterocycles. The lowest BCUT2D eigenvalue weighted by atomic mass is 9.92. The van der Waals surface area contributed by atoms with Gasteiger partial charge in [0.25, 0.3) is 0 Å². The van der Waals surface area contributed by atoms with E-state index in [9.17, 15) is 14.4 Å². The monoisotopic (exact) mass is 761 g/mol. The topological polar surface area (TPSA) is 155 Å². The Morgan fingerprint density at radius 3 is 2.54 bits per heavy atom. The first kappa shape index (κ1) is 37.3. The lowest BCUT2D eigenvalue weighted by molar-refractivity contribution is -0.137. The van der Waals surface area contributed by atoms with Crippen molar-refractivity contribution in [3.63, 3.8) is 0 Å². The predicted molar refractivity (Wildman–Crippen MR) is 213 cm³/mol. The van der Waals surface area contributed by atoms with E-state index in [1.54, 1.807) is 4.90 Å². The Labute approximate surface area is 326 Å². The molecule has 0 aliphatic carbocycles. The molecular formula is C43H51N7O6. The van der Waals surface area contributed by atoms with E-state index in [-0.39, 0.29) is 36.0 Å². The number of carbonyl (C=O) groups excluding carboxylic acids is 3. The maximum absolute atomic E-state index is 13.9. The van der Waals surface area contributed by atoms with Crippen LogP contribution in [0.5, 0.6) is 5.75 Å². The van der Waals surface area contributed by atoms with Crippen LogP contribution < -0.4 is 10.1 Å². The predicted octanol–water partition coefficient (Wildman–Crippen LogP) is 8.42. The molecule has 1 unspecified atom stereocenters. The van der Waals surface area contributed by atoms with E-state index < -0.39 is 17.7 Å². The zero-order valence-corrected chi connectivity index (χ0v) is 33.4. The highest BCUT2D eigenvalue weighted by Crippen LogP contribution is 2.44. The van der Waals surface area contributed by atoms with Crippen molar-refractivity contribution in [2.24, 2.45) is 11.8 Å². The average Bonchev–Trinajstić information content (AvgIpc) is 3.97. The maximum atomic E-state index is 13.9. The number of aromatic amines is 2. The van der Waals surface area contributed by atoms with Crippen molar-refractivity contribution in [3.8, 4) is 28.1 Å². The van der Waals surface area contributed by atoms with Crippen LogP contribution in [0, 0.1) is 11.8 Å². The fourth-order valence-electron chi connectivity index (χ4n) is 8.60. The van der Waals surface area contributed by atoms with E-state index >= 15 is 0 Å². The van der Waals surface area contributed by atoms with E-state index in [0.717, 1.165) is 86.4 Å². The van der Waals surface area contributed by atoms with Gasteiger partial charge in [0.05, 0.1) is 42.1 Å². The van der Waals surface area contributed by atoms with Crippen LogP contribution in [0.3, 0.4) is 0 Å². The van der Waals surface area contributed by atoms with Crippen molar-refractivity contribution in [1.82, 2.24) is 35.1 Å². The third-order valence-corrected chi connectivity index (χ3v) is 11.4. The number of fused-ring (bicyclic) bond motifs is 6. The minimum Gasteiger partial charge on any atom is -0.488 e. The standard InChI is InChI=1S/C43H51N7O6/c1-22(2)36(48-41(52)54-8)40(51)50-24(4)9-14-33(50)39-45-31-13-11-25-17-30-28-12-10-26(16-27(28)21-55-35(30)18-29(25)37(31)47-39)32-19-44-38(46-32)34-15-23(3)20-49(34)42(53)56-43(5,6)7/h10-13,16-19,22-24,33-34,36H,9,14-15,20-21H2,1-8H3,(H,44,46)(H,45,47)(H,48,52)/t23-,24-,33-,34-,36?/m0/s1. The molecular weight excluding hydrogens is 711 g/mol. The molecule has 13 heteroatoms. The molecule has 0 radical (unpaired) electrons. The number of likely N-dealkylation sites (tertiary alicyclic amines) is 2. The Morgan fingerprint density at radius 1 is 0.982 bits per heavy atom. The Morgan fingerprint density at radius 2 is 1.79 bits per heavy atom. The zero-order valence-electron chi connectivity index (χ0n) is 33.4. The second-order valence-corrected chi connectivity index (χ2v) is 17.0. The minimum absolute atomic E-state index is 0.0138. The number of alkyl carbamates (subject to hydrolysis) is 1. The number of aromatic nitrogens is 4. The molecule has 0 saturated carbocycles. The molecule has 5 atom stereocenters. The highest BCUT2D eigenvalue weighted by Gasteiger charge is 2.42. The van der Waals surface area contributed by atoms with Crippen molar-refractivity contribution >= 4 is 39.9 Å². The number of methoxy groups -OCH3 is 1. The van der Waals surface area contributed by atoms with E-state index in [4.69, 9.17) is 24.2 Å². The van der Waals surface area contributed by atoms with Gasteiger partial charge in [0, 0.05) is 23.5 Å². The molecule has 294 valence electrons. The number of amides is 3. The van der Waals surface area contributed by atoms with Crippen LogP contribution in [-0.2, 0) is 20.9 Å². The summed E-state index contributed by atoms with van der Waals surface area (Å²) in [7, 11) is 1.30. The van der Waals surface area contributed by atoms with Crippen molar-refractivity contribution in [3.05, 3.63) is 65.9 Å². The quantitative estimate of drug-likeness (QED) is 0.156. The van der Waals surface area contributed by atoms with Gasteiger partial charge >= 0.3 is 12.2 Å². The normalized spacial score (nSPS) is 21.2. The number of carbonyl (C=O) groups is 3. The average molecular weight is 762 g/mol. The van der Waals surface area contributed by atoms with Crippen LogP contribution in [-0.4, -0.2) is 79.2 Å². The van der Waals surface area contributed by atoms with Crippen LogP contribution >= 0.6 is 0 Å². The fraction of sp³-hybridized carbons (Fsp3) is 0.465. The third kappa shape index (κ3) is 6.81. The van der Waals surface area contributed by atoms with Crippen LogP contribution in [0.15, 0.2) is 48.7 Å². The van der Waals surface area contributed by atoms with Crippen molar-refractivity contribution in [2.45, 2.75) is 104 Å². The molecule has 5 aromatic rings. The van der Waals surface area contributed by atoms with Crippen LogP contribution in [0.25, 0.3) is 44.2 Å². The molecule has 3 aromatic carbocycles. The molecule has 0 bridgehead atoms. The van der Waals surface area contributed by atoms with Gasteiger partial charge in [-0.25, -0.2) is 19.6 Å². The van der Waals surface area contributed by atoms with Gasteiger partial charge in [0.1, 0.15) is 35.6 Å². The van der Waals surface area contributed by atoms with Gasteiger partial charge in [0.15, 0.2) is 0 Å². The number of ether oxygens (including phenoxy) is 3. The summed E-state index contributed by atoms with van der Waals surface area (Å²) in [4.78, 5) is 59.6. The first-order valence-corrected chi connectivity index (χ1v) is 19.6. The number of rotatable bonds is 6. The Balaban J connectivity index is 1.06. The second kappa shape index (κ2) is 14.2. The van der Waals surface area contributed by atoms with E-state index in [1.165, 1.54) is 7.11 Å². The first-order chi connectivity index (χ1) is 26.7. The molecule has 2 fully saturated rings. The summed E-state index contributed by atoms with van der Waals surface area (Å²) in [6.45, 7) is 14.7. The number of hydrogen-bond acceptors (Lipinski definition) is 8. The summed E-state index contributed by atoms with van der Waals surface area (Å²) in [5.41, 5.74) is 6.20. The molecule has 5 heterocycles. The minimum atomic E-state index is -0.715. The van der Waals surface area contributed by atoms with Crippen molar-refractivity contribution in [2.75, 3.05) is 13.7 Å². The van der Waals surface area contributed by atoms with Gasteiger partial charge in [-0.1, -0.05) is 39.0 Å². The first-order valence-electron chi connectivity index (χ1n) is 19.6. The van der Waals surface area contributed by atoms with Gasteiger partial charge < -0.3 is 34.4 Å². The van der Waals surface area contributed by atoms with E-state index in [2.05, 4.69) is 58.6 Å². The van der Waals surface area contributed by atoms with Gasteiger partial charge in [-0.15, -0.1) is 0 Å². The van der Waals surface area contributed by atoms with Crippen molar-refractivity contribution in [1.29, 1.82) is 0 Å². The van der Waals surface area contributed by atoms with Gasteiger partial charge in [-0.3, -0.25) is 9.69 Å². The highest BCUT2D eigenvalue weighted by atomic mass is 16.6. The zero-order chi connectivity index (χ0) is 39.6. The summed E-state index contributed by atoms with van der Waals surface area (Å²) in [6.07, 6.45) is 3.30. The molecule has 8 rings (SSSR count). The van der Waals surface area contributed by atoms with Crippen molar-refractivity contribution < 1.29 is 28.6 Å². The van der Waals surface area contributed by atoms with E-state index in [0.29, 0.717) is 19.1 Å². The number of H-pyrrole nitrogens is 2. The summed E-state index contributed by atoms with van der Waals surface area (Å²) >= 11 is 0. The smallest absolute Gasteiger partial charge is 0.410 e. The lowest BCUT2D eigenvalue weighted by Gasteiger charge is -2.32. The van der Waals surface area contributed by atoms with E-state index in [1.807, 2.05) is 58.7 Å². The Kier molecular flexibility index (Phi) is 9.45. The molecule has 3 N–H and O–H groups in total. The number of nitrogens with zero attached hydrogens (tertiary/aromatic N) is 4. The maximum Gasteiger partial charge on any atom is 0.410 e. The summed E-state index contributed by atoms with van der Waals surface area (Å²) in [5.74, 6) is 2.34. The largest absolute Gasteiger partial charge is 0.488 e. The van der Waals surface area contributed by atoms with Gasteiger partial charge in [-0.2, -0.15) is 0 Å². The van der Waals surface area contributed by atoms with Crippen LogP contribution in [0.1, 0.15) is 97.0 Å². The third-order valence-electron chi connectivity index (χ3n) is 11.4. The Hall–Kier alpha value is -5.59. The SMILES string of the molecule is COC(=O)NC(C(=O)N1[C@@H](C)CC[C@H]1c1nc2ccc3cc4c(cc3c2[nH]1)OCc1cc(-c2cnc([C@@H]3C[C@H](C)CN3C(=O)OC(C)(C)C)[nH]2)ccc1-4)C(C)C. The molecule has 3 amide bonds. The highest BCUT2D eigenvalue weighted by molar-refractivity contribution is 6.07. The molecule has 3 aliphatic rings. The molecule has 3 aliphatic heterocycles. The van der Waals surface area contributed by atoms with Gasteiger partial charge in [0.2, 0.25) is 5.91 Å². The molecule has 56 heavy (non-hydrogen) atoms. The van der Waals surface area contributed by atoms with Crippen LogP contribution in [0.4, 0.5) is 9.59 Å². The van der Waals surface area contributed by atoms with Crippen LogP contribution in [0.2, 0.25) is 0 Å². The summed E-state index contributed by atoms with van der Waals surface area (Å²) < 4.78 is 17.0. The second-order valence-electron chi connectivity index (χ2n) is 17.0. The number of nitrogens with one attached hydrogen (secondary N) is 3. The molecule has 2 saturated heterocycles. The number of benzene rings is 3. The number of imidazole rings is 2. The van der Waals surface area contributed by atoms with Gasteiger partial charge in [-0.05, 0) is 105 Å². The lowest BCUT2D eigenvalue weighted by Crippen LogP contribution is -2.52. The molecule has 13 nitrogen and oxygen atoms in total. The molecule has 0 spiro atoms.